The Bertz CT molecular complexity index is 1320. The first-order valence-corrected chi connectivity index (χ1v) is 11.8. The monoisotopic (exact) mass is 446 g/mol. The molecule has 1 saturated heterocycles. The van der Waals surface area contributed by atoms with Crippen molar-refractivity contribution in [3.05, 3.63) is 79.3 Å². The molecule has 0 aliphatic carbocycles. The molecule has 1 aliphatic heterocycles. The molecule has 2 aromatic carbocycles. The topological polar surface area (TPSA) is 91.3 Å². The van der Waals surface area contributed by atoms with E-state index in [9.17, 15) is 8.42 Å². The normalized spacial score (nSPS) is 14.5. The average Bonchev–Trinajstić information content (AvgIpc) is 2.84. The molecule has 32 heavy (non-hydrogen) atoms. The Morgan fingerprint density at radius 2 is 1.44 bits per heavy atom. The largest absolute Gasteiger partial charge is 0.353 e. The average molecular weight is 447 g/mol. The van der Waals surface area contributed by atoms with Crippen LogP contribution in [-0.2, 0) is 10.0 Å². The fourth-order valence-corrected chi connectivity index (χ4v) is 5.11. The fourth-order valence-electron chi connectivity index (χ4n) is 3.85. The SMILES string of the molecule is O=S(=O)(Nc1cnc(N2CCN(c3ccccn3)CC2)nc1)c1cccc2ccccc12. The van der Waals surface area contributed by atoms with Crippen molar-refractivity contribution < 1.29 is 8.42 Å². The number of nitrogens with one attached hydrogen (secondary N) is 1. The molecule has 0 saturated carbocycles. The van der Waals surface area contributed by atoms with E-state index in [1.54, 1.807) is 24.4 Å². The van der Waals surface area contributed by atoms with Crippen molar-refractivity contribution >= 4 is 38.2 Å². The zero-order valence-electron chi connectivity index (χ0n) is 17.3. The maximum absolute atomic E-state index is 13.0. The number of nitrogens with zero attached hydrogens (tertiary/aromatic N) is 5. The van der Waals surface area contributed by atoms with Gasteiger partial charge in [-0.05, 0) is 23.6 Å². The lowest BCUT2D eigenvalue weighted by Gasteiger charge is -2.35. The number of aromatic nitrogens is 3. The van der Waals surface area contributed by atoms with Crippen molar-refractivity contribution in [2.45, 2.75) is 4.90 Å². The standard InChI is InChI=1S/C23H22N6O2S/c30-32(31,21-9-5-7-18-6-1-2-8-20(18)21)27-19-16-25-23(26-17-19)29-14-12-28(13-15-29)22-10-3-4-11-24-22/h1-11,16-17,27H,12-15H2. The van der Waals surface area contributed by atoms with Gasteiger partial charge in [-0.2, -0.15) is 0 Å². The Balaban J connectivity index is 1.28. The van der Waals surface area contributed by atoms with Crippen LogP contribution in [-0.4, -0.2) is 49.5 Å². The van der Waals surface area contributed by atoms with E-state index in [1.165, 1.54) is 12.4 Å². The number of fused-ring (bicyclic) bond motifs is 1. The van der Waals surface area contributed by atoms with Crippen LogP contribution in [0.3, 0.4) is 0 Å². The van der Waals surface area contributed by atoms with Crippen molar-refractivity contribution in [3.63, 3.8) is 0 Å². The van der Waals surface area contributed by atoms with Crippen molar-refractivity contribution in [2.24, 2.45) is 0 Å². The molecule has 3 heterocycles. The van der Waals surface area contributed by atoms with E-state index in [4.69, 9.17) is 0 Å². The number of anilines is 3. The highest BCUT2D eigenvalue weighted by Crippen LogP contribution is 2.25. The predicted octanol–water partition coefficient (Wildman–Crippen LogP) is 3.15. The molecule has 0 unspecified atom stereocenters. The minimum Gasteiger partial charge on any atom is -0.353 e. The third-order valence-electron chi connectivity index (χ3n) is 5.47. The molecule has 4 aromatic rings. The van der Waals surface area contributed by atoms with Crippen LogP contribution in [0.2, 0.25) is 0 Å². The minimum absolute atomic E-state index is 0.227. The summed E-state index contributed by atoms with van der Waals surface area (Å²) in [6, 6.07) is 18.5. The summed E-state index contributed by atoms with van der Waals surface area (Å²) in [5.74, 6) is 1.55. The van der Waals surface area contributed by atoms with Gasteiger partial charge in [0.1, 0.15) is 5.82 Å². The Hall–Kier alpha value is -3.72. The fraction of sp³-hybridized carbons (Fsp3) is 0.174. The summed E-state index contributed by atoms with van der Waals surface area (Å²) in [4.78, 5) is 17.7. The lowest BCUT2D eigenvalue weighted by atomic mass is 10.1. The lowest BCUT2D eigenvalue weighted by Crippen LogP contribution is -2.47. The molecule has 162 valence electrons. The molecule has 1 fully saturated rings. The lowest BCUT2D eigenvalue weighted by molar-refractivity contribution is 0.602. The van der Waals surface area contributed by atoms with Crippen LogP contribution in [0.5, 0.6) is 0 Å². The maximum atomic E-state index is 13.0. The molecule has 0 bridgehead atoms. The first-order valence-electron chi connectivity index (χ1n) is 10.3. The number of sulfonamides is 1. The van der Waals surface area contributed by atoms with Crippen molar-refractivity contribution in [2.75, 3.05) is 40.7 Å². The van der Waals surface area contributed by atoms with Gasteiger partial charge in [-0.15, -0.1) is 0 Å². The summed E-state index contributed by atoms with van der Waals surface area (Å²) in [6.07, 6.45) is 4.81. The number of benzene rings is 2. The Morgan fingerprint density at radius 1 is 0.750 bits per heavy atom. The van der Waals surface area contributed by atoms with Crippen molar-refractivity contribution in [3.8, 4) is 0 Å². The van der Waals surface area contributed by atoms with E-state index in [2.05, 4.69) is 29.5 Å². The second kappa shape index (κ2) is 8.43. The molecular weight excluding hydrogens is 424 g/mol. The maximum Gasteiger partial charge on any atom is 0.262 e. The van der Waals surface area contributed by atoms with Crippen LogP contribution in [0.4, 0.5) is 17.5 Å². The van der Waals surface area contributed by atoms with Crippen LogP contribution in [0.25, 0.3) is 10.8 Å². The van der Waals surface area contributed by atoms with Gasteiger partial charge in [0, 0.05) is 37.8 Å². The molecular formula is C23H22N6O2S. The number of hydrogen-bond acceptors (Lipinski definition) is 7. The Labute approximate surface area is 186 Å². The highest BCUT2D eigenvalue weighted by atomic mass is 32.2. The minimum atomic E-state index is -3.77. The first-order chi connectivity index (χ1) is 15.6. The summed E-state index contributed by atoms with van der Waals surface area (Å²) in [5, 5.41) is 1.54. The third kappa shape index (κ3) is 4.06. The van der Waals surface area contributed by atoms with E-state index in [0.717, 1.165) is 37.4 Å². The second-order valence-corrected chi connectivity index (χ2v) is 9.17. The van der Waals surface area contributed by atoms with E-state index < -0.39 is 10.0 Å². The zero-order valence-corrected chi connectivity index (χ0v) is 18.1. The van der Waals surface area contributed by atoms with Gasteiger partial charge in [-0.1, -0.05) is 42.5 Å². The van der Waals surface area contributed by atoms with E-state index >= 15 is 0 Å². The Kier molecular flexibility index (Phi) is 5.32. The van der Waals surface area contributed by atoms with Crippen LogP contribution >= 0.6 is 0 Å². The molecule has 1 N–H and O–H groups in total. The van der Waals surface area contributed by atoms with Crippen LogP contribution in [0.1, 0.15) is 0 Å². The van der Waals surface area contributed by atoms with Gasteiger partial charge in [-0.25, -0.2) is 23.4 Å². The number of pyridine rings is 1. The molecule has 0 atom stereocenters. The number of piperazine rings is 1. The summed E-state index contributed by atoms with van der Waals surface area (Å²) in [5.41, 5.74) is 0.328. The van der Waals surface area contributed by atoms with Gasteiger partial charge in [0.25, 0.3) is 10.0 Å². The van der Waals surface area contributed by atoms with Gasteiger partial charge in [-0.3, -0.25) is 4.72 Å². The van der Waals surface area contributed by atoms with Gasteiger partial charge in [0.05, 0.1) is 23.0 Å². The van der Waals surface area contributed by atoms with Crippen LogP contribution < -0.4 is 14.5 Å². The zero-order chi connectivity index (χ0) is 22.0. The molecule has 1 aliphatic rings. The van der Waals surface area contributed by atoms with E-state index in [-0.39, 0.29) is 4.90 Å². The summed E-state index contributed by atoms with van der Waals surface area (Å²) < 4.78 is 28.6. The molecule has 0 spiro atoms. The quantitative estimate of drug-likeness (QED) is 0.503. The van der Waals surface area contributed by atoms with Crippen LogP contribution in [0.15, 0.2) is 84.1 Å². The van der Waals surface area contributed by atoms with Crippen molar-refractivity contribution in [1.82, 2.24) is 15.0 Å². The first kappa shape index (κ1) is 20.2. The molecule has 0 amide bonds. The molecule has 8 nitrogen and oxygen atoms in total. The summed E-state index contributed by atoms with van der Waals surface area (Å²) in [7, 11) is -3.77. The van der Waals surface area contributed by atoms with Gasteiger partial charge >= 0.3 is 0 Å². The van der Waals surface area contributed by atoms with Gasteiger partial charge in [0.15, 0.2) is 0 Å². The second-order valence-electron chi connectivity index (χ2n) is 7.52. The molecule has 0 radical (unpaired) electrons. The van der Waals surface area contributed by atoms with E-state index in [0.29, 0.717) is 17.0 Å². The number of hydrogen-bond donors (Lipinski definition) is 1. The third-order valence-corrected chi connectivity index (χ3v) is 6.90. The molecule has 5 rings (SSSR count). The Morgan fingerprint density at radius 3 is 2.19 bits per heavy atom. The summed E-state index contributed by atoms with van der Waals surface area (Å²) >= 11 is 0. The highest BCUT2D eigenvalue weighted by molar-refractivity contribution is 7.93. The van der Waals surface area contributed by atoms with E-state index in [1.807, 2.05) is 42.5 Å². The predicted molar refractivity (Wildman–Crippen MR) is 125 cm³/mol. The van der Waals surface area contributed by atoms with Crippen LogP contribution in [0, 0.1) is 0 Å². The number of rotatable bonds is 5. The molecule has 9 heteroatoms. The smallest absolute Gasteiger partial charge is 0.262 e. The van der Waals surface area contributed by atoms with Gasteiger partial charge < -0.3 is 9.80 Å². The van der Waals surface area contributed by atoms with Gasteiger partial charge in [0.2, 0.25) is 5.95 Å². The van der Waals surface area contributed by atoms with Crippen molar-refractivity contribution in [1.29, 1.82) is 0 Å². The molecule has 2 aromatic heterocycles. The highest BCUT2D eigenvalue weighted by Gasteiger charge is 2.21. The summed E-state index contributed by atoms with van der Waals surface area (Å²) in [6.45, 7) is 3.15.